The number of carbonyl (C=O) groups excluding carboxylic acids is 1. The third-order valence-corrected chi connectivity index (χ3v) is 7.80. The first-order valence-electron chi connectivity index (χ1n) is 13.4. The van der Waals surface area contributed by atoms with E-state index in [-0.39, 0.29) is 53.8 Å². The van der Waals surface area contributed by atoms with Crippen LogP contribution in [0.15, 0.2) is 48.7 Å². The van der Waals surface area contributed by atoms with E-state index in [1.54, 1.807) is 4.90 Å². The molecule has 0 spiro atoms. The summed E-state index contributed by atoms with van der Waals surface area (Å²) in [5.74, 6) is -1.29. The maximum Gasteiger partial charge on any atom is 0.416 e. The van der Waals surface area contributed by atoms with E-state index >= 15 is 0 Å². The van der Waals surface area contributed by atoms with Gasteiger partial charge in [0.1, 0.15) is 11.6 Å². The van der Waals surface area contributed by atoms with E-state index in [2.05, 4.69) is 4.98 Å². The van der Waals surface area contributed by atoms with Crippen molar-refractivity contribution in [3.63, 3.8) is 0 Å². The fraction of sp³-hybridized carbons (Fsp3) is 0.400. The van der Waals surface area contributed by atoms with Crippen molar-refractivity contribution in [3.8, 4) is 11.1 Å². The Morgan fingerprint density at radius 1 is 0.955 bits per heavy atom. The van der Waals surface area contributed by atoms with Gasteiger partial charge in [-0.25, -0.2) is 9.37 Å². The first-order valence-corrected chi connectivity index (χ1v) is 13.4. The Hall–Kier alpha value is -3.75. The van der Waals surface area contributed by atoms with Gasteiger partial charge in [-0.1, -0.05) is 6.07 Å². The van der Waals surface area contributed by atoms with Gasteiger partial charge in [-0.2, -0.15) is 26.3 Å². The lowest BCUT2D eigenvalue weighted by Crippen LogP contribution is -2.42. The van der Waals surface area contributed by atoms with E-state index in [1.807, 2.05) is 0 Å². The van der Waals surface area contributed by atoms with Gasteiger partial charge in [0.05, 0.1) is 53.8 Å². The number of rotatable bonds is 7. The van der Waals surface area contributed by atoms with E-state index < -0.39 is 64.9 Å². The van der Waals surface area contributed by atoms with Crippen molar-refractivity contribution < 1.29 is 50.8 Å². The van der Waals surface area contributed by atoms with E-state index in [1.165, 1.54) is 39.2 Å². The molecule has 2 aromatic carbocycles. The van der Waals surface area contributed by atoms with Crippen LogP contribution in [0.3, 0.4) is 0 Å². The number of pyridine rings is 1. The highest BCUT2D eigenvalue weighted by Crippen LogP contribution is 2.42. The number of anilines is 2. The van der Waals surface area contributed by atoms with Crippen molar-refractivity contribution in [1.82, 2.24) is 4.98 Å². The standard InChI is InChI=1S/C30H30F7N3O4/c1-28(2,17-7-18(29(32,33)34)9-19(8-17)30(35,36)37)27(44)39(3)25-12-38-26(40-13-22(43)10-21(40)15-42)11-24(25)23-5-4-20(31)6-16(23)14-41/h4-9,11-12,21-22,41-43H,10,13-15H2,1-3H3/t21-,22+/m0/s1. The summed E-state index contributed by atoms with van der Waals surface area (Å²) >= 11 is 0. The molecule has 4 rings (SSSR count). The third kappa shape index (κ3) is 6.52. The maximum atomic E-state index is 14.1. The number of nitrogens with zero attached hydrogens (tertiary/aromatic N) is 3. The van der Waals surface area contributed by atoms with E-state index in [0.29, 0.717) is 12.1 Å². The van der Waals surface area contributed by atoms with Crippen LogP contribution in [0.2, 0.25) is 0 Å². The second-order valence-corrected chi connectivity index (χ2v) is 11.2. The van der Waals surface area contributed by atoms with Gasteiger partial charge in [-0.3, -0.25) is 4.79 Å². The van der Waals surface area contributed by atoms with Gasteiger partial charge in [0.25, 0.3) is 0 Å². The molecule has 7 nitrogen and oxygen atoms in total. The molecule has 44 heavy (non-hydrogen) atoms. The summed E-state index contributed by atoms with van der Waals surface area (Å²) in [6.45, 7) is 1.58. The number of benzene rings is 2. The average molecular weight is 630 g/mol. The minimum atomic E-state index is -5.12. The summed E-state index contributed by atoms with van der Waals surface area (Å²) in [4.78, 5) is 20.9. The molecule has 14 heteroatoms. The summed E-state index contributed by atoms with van der Waals surface area (Å²) in [6.07, 6.45) is -9.51. The Morgan fingerprint density at radius 3 is 2.09 bits per heavy atom. The lowest BCUT2D eigenvalue weighted by atomic mass is 9.81. The largest absolute Gasteiger partial charge is 0.416 e. The summed E-state index contributed by atoms with van der Waals surface area (Å²) in [5.41, 5.74) is -4.92. The van der Waals surface area contributed by atoms with E-state index in [9.17, 15) is 50.8 Å². The van der Waals surface area contributed by atoms with Crippen molar-refractivity contribution in [3.05, 3.63) is 76.7 Å². The molecule has 3 N–H and O–H groups in total. The van der Waals surface area contributed by atoms with Gasteiger partial charge >= 0.3 is 12.4 Å². The van der Waals surface area contributed by atoms with Crippen molar-refractivity contribution in [2.45, 2.75) is 56.8 Å². The lowest BCUT2D eigenvalue weighted by Gasteiger charge is -2.32. The molecule has 1 aliphatic heterocycles. The number of β-amino-alcohol motifs (C(OH)–C–C–N with tert-alkyl or cyclic N) is 1. The van der Waals surface area contributed by atoms with Crippen LogP contribution in [0, 0.1) is 5.82 Å². The molecule has 1 aromatic heterocycles. The minimum absolute atomic E-state index is 0.0194. The first kappa shape index (κ1) is 33.1. The Labute approximate surface area is 248 Å². The Morgan fingerprint density at radius 2 is 1.55 bits per heavy atom. The molecular formula is C30H30F7N3O4. The number of amides is 1. The average Bonchev–Trinajstić information content (AvgIpc) is 3.35. The molecule has 0 saturated carbocycles. The van der Waals surface area contributed by atoms with Gasteiger partial charge in [-0.05, 0) is 73.4 Å². The number of halogens is 7. The molecule has 0 radical (unpaired) electrons. The van der Waals surface area contributed by atoms with Crippen LogP contribution in [0.5, 0.6) is 0 Å². The minimum Gasteiger partial charge on any atom is -0.394 e. The van der Waals surface area contributed by atoms with E-state index in [0.717, 1.165) is 17.0 Å². The number of aromatic nitrogens is 1. The molecule has 0 bridgehead atoms. The second-order valence-electron chi connectivity index (χ2n) is 11.2. The van der Waals surface area contributed by atoms with Crippen molar-refractivity contribution in [2.75, 3.05) is 30.0 Å². The van der Waals surface area contributed by atoms with Crippen LogP contribution in [0.25, 0.3) is 11.1 Å². The zero-order valence-electron chi connectivity index (χ0n) is 23.8. The van der Waals surface area contributed by atoms with Crippen molar-refractivity contribution >= 4 is 17.4 Å². The predicted molar refractivity (Wildman–Crippen MR) is 147 cm³/mol. The fourth-order valence-electron chi connectivity index (χ4n) is 5.35. The molecule has 238 valence electrons. The molecule has 1 aliphatic rings. The summed E-state index contributed by atoms with van der Waals surface area (Å²) in [6, 6.07) is 5.51. The molecule has 2 atom stereocenters. The van der Waals surface area contributed by atoms with Gasteiger partial charge in [-0.15, -0.1) is 0 Å². The monoisotopic (exact) mass is 629 g/mol. The number of carbonyl (C=O) groups is 1. The maximum absolute atomic E-state index is 14.1. The number of likely N-dealkylation sites (N-methyl/N-ethyl adjacent to an activating group) is 1. The number of aliphatic hydroxyl groups excluding tert-OH is 3. The zero-order chi connectivity index (χ0) is 32.8. The predicted octanol–water partition coefficient (Wildman–Crippen LogP) is 5.29. The lowest BCUT2D eigenvalue weighted by molar-refractivity contribution is -0.143. The van der Waals surface area contributed by atoms with Crippen molar-refractivity contribution in [1.29, 1.82) is 0 Å². The third-order valence-electron chi connectivity index (χ3n) is 7.80. The topological polar surface area (TPSA) is 97.1 Å². The summed E-state index contributed by atoms with van der Waals surface area (Å²) in [5, 5.41) is 30.0. The smallest absolute Gasteiger partial charge is 0.394 e. The number of alkyl halides is 6. The highest BCUT2D eigenvalue weighted by Gasteiger charge is 2.41. The van der Waals surface area contributed by atoms with Crippen LogP contribution in [-0.2, 0) is 29.2 Å². The van der Waals surface area contributed by atoms with Gasteiger partial charge < -0.3 is 25.1 Å². The normalized spacial score (nSPS) is 17.7. The molecule has 1 amide bonds. The van der Waals surface area contributed by atoms with Gasteiger partial charge in [0, 0.05) is 19.2 Å². The van der Waals surface area contributed by atoms with Gasteiger partial charge in [0.15, 0.2) is 0 Å². The molecule has 3 aromatic rings. The number of hydrogen-bond acceptors (Lipinski definition) is 6. The summed E-state index contributed by atoms with van der Waals surface area (Å²) < 4.78 is 95.5. The van der Waals surface area contributed by atoms with Crippen LogP contribution >= 0.6 is 0 Å². The molecular weight excluding hydrogens is 599 g/mol. The number of aliphatic hydroxyl groups is 3. The molecule has 1 fully saturated rings. The molecule has 2 heterocycles. The number of hydrogen-bond donors (Lipinski definition) is 3. The van der Waals surface area contributed by atoms with Crippen LogP contribution in [0.4, 0.5) is 42.2 Å². The van der Waals surface area contributed by atoms with Crippen LogP contribution in [-0.4, -0.2) is 58.6 Å². The first-order chi connectivity index (χ1) is 20.4. The Balaban J connectivity index is 1.86. The SMILES string of the molecule is CN(C(=O)C(C)(C)c1cc(C(F)(F)F)cc(C(F)(F)F)c1)c1cnc(N2C[C@H](O)C[C@H]2CO)cc1-c1ccc(F)cc1CO. The summed E-state index contributed by atoms with van der Waals surface area (Å²) in [7, 11) is 1.26. The second kappa shape index (κ2) is 12.0. The highest BCUT2D eigenvalue weighted by atomic mass is 19.4. The quantitative estimate of drug-likeness (QED) is 0.308. The van der Waals surface area contributed by atoms with Crippen LogP contribution in [0.1, 0.15) is 42.5 Å². The fourth-order valence-corrected chi connectivity index (χ4v) is 5.35. The zero-order valence-corrected chi connectivity index (χ0v) is 23.8. The molecule has 0 aliphatic carbocycles. The Bertz CT molecular complexity index is 1510. The Kier molecular flexibility index (Phi) is 9.02. The highest BCUT2D eigenvalue weighted by molar-refractivity contribution is 6.03. The molecule has 0 unspecified atom stereocenters. The van der Waals surface area contributed by atoms with E-state index in [4.69, 9.17) is 0 Å². The van der Waals surface area contributed by atoms with Gasteiger partial charge in [0.2, 0.25) is 5.91 Å². The van der Waals surface area contributed by atoms with Crippen molar-refractivity contribution in [2.24, 2.45) is 0 Å². The molecule has 1 saturated heterocycles. The van der Waals surface area contributed by atoms with Crippen LogP contribution < -0.4 is 9.80 Å².